The second-order valence-corrected chi connectivity index (χ2v) is 6.98. The third-order valence-electron chi connectivity index (χ3n) is 5.10. The Morgan fingerprint density at radius 1 is 1.14 bits per heavy atom. The number of hydrogen-bond acceptors (Lipinski definition) is 4. The Hall–Kier alpha value is -2.21. The number of hydrogen-bond donors (Lipinski definition) is 0. The smallest absolute Gasteiger partial charge is 0.185 e. The molecule has 0 amide bonds. The van der Waals surface area contributed by atoms with E-state index in [2.05, 4.69) is 19.1 Å². The molecule has 0 aliphatic carbocycles. The van der Waals surface area contributed by atoms with E-state index in [0.29, 0.717) is 5.75 Å². The van der Waals surface area contributed by atoms with Crippen molar-refractivity contribution in [3.05, 3.63) is 59.4 Å². The first-order valence-electron chi connectivity index (χ1n) is 9.89. The summed E-state index contributed by atoms with van der Waals surface area (Å²) in [5, 5.41) is 0. The van der Waals surface area contributed by atoms with Crippen molar-refractivity contribution in [2.75, 3.05) is 25.1 Å². The van der Waals surface area contributed by atoms with Gasteiger partial charge in [0.25, 0.3) is 0 Å². The molecule has 1 heterocycles. The van der Waals surface area contributed by atoms with Crippen LogP contribution < -0.4 is 9.64 Å². The van der Waals surface area contributed by atoms with Crippen molar-refractivity contribution >= 4 is 34.3 Å². The van der Waals surface area contributed by atoms with E-state index in [1.807, 2.05) is 17.0 Å². The number of aryl methyl sites for hydroxylation is 1. The third kappa shape index (κ3) is 5.89. The molecule has 0 fully saturated rings. The predicted octanol–water partition coefficient (Wildman–Crippen LogP) is 5.64. The van der Waals surface area contributed by atoms with Crippen molar-refractivity contribution in [2.24, 2.45) is 4.99 Å². The molecular formula is C23H28BrFN2O2. The SMILES string of the molecule is Br.CCc1ccc(N(CC(=O)c2ccc(OC)cc2F)C2=NCCCCC2)cc1. The van der Waals surface area contributed by atoms with Crippen LogP contribution in [-0.2, 0) is 6.42 Å². The molecule has 0 saturated carbocycles. The van der Waals surface area contributed by atoms with Gasteiger partial charge in [-0.1, -0.05) is 25.5 Å². The summed E-state index contributed by atoms with van der Waals surface area (Å²) in [5.74, 6) is 0.471. The zero-order valence-corrected chi connectivity index (χ0v) is 18.7. The summed E-state index contributed by atoms with van der Waals surface area (Å²) < 4.78 is 19.4. The number of nitrogens with zero attached hydrogens (tertiary/aromatic N) is 2. The number of anilines is 1. The van der Waals surface area contributed by atoms with Crippen molar-refractivity contribution in [3.8, 4) is 5.75 Å². The number of halogens is 2. The fraction of sp³-hybridized carbons (Fsp3) is 0.391. The van der Waals surface area contributed by atoms with Gasteiger partial charge in [0.05, 0.1) is 19.2 Å². The van der Waals surface area contributed by atoms with Gasteiger partial charge < -0.3 is 9.64 Å². The van der Waals surface area contributed by atoms with E-state index >= 15 is 0 Å². The van der Waals surface area contributed by atoms with Gasteiger partial charge in [-0.3, -0.25) is 9.79 Å². The first-order chi connectivity index (χ1) is 13.6. The average molecular weight is 463 g/mol. The molecule has 4 nitrogen and oxygen atoms in total. The van der Waals surface area contributed by atoms with Crippen LogP contribution in [-0.4, -0.2) is 31.8 Å². The van der Waals surface area contributed by atoms with Crippen molar-refractivity contribution in [3.63, 3.8) is 0 Å². The van der Waals surface area contributed by atoms with E-state index in [1.54, 1.807) is 6.07 Å². The molecule has 0 atom stereocenters. The van der Waals surface area contributed by atoms with E-state index in [-0.39, 0.29) is 34.9 Å². The molecule has 2 aromatic rings. The first kappa shape index (κ1) is 23.1. The Morgan fingerprint density at radius 3 is 2.55 bits per heavy atom. The Morgan fingerprint density at radius 2 is 1.90 bits per heavy atom. The first-order valence-corrected chi connectivity index (χ1v) is 9.89. The minimum Gasteiger partial charge on any atom is -0.497 e. The van der Waals surface area contributed by atoms with Crippen molar-refractivity contribution < 1.29 is 13.9 Å². The highest BCUT2D eigenvalue weighted by atomic mass is 79.9. The summed E-state index contributed by atoms with van der Waals surface area (Å²) in [7, 11) is 1.47. The topological polar surface area (TPSA) is 41.9 Å². The summed E-state index contributed by atoms with van der Waals surface area (Å²) in [4.78, 5) is 19.6. The third-order valence-corrected chi connectivity index (χ3v) is 5.10. The van der Waals surface area contributed by atoms with Gasteiger partial charge in [-0.05, 0) is 49.1 Å². The fourth-order valence-electron chi connectivity index (χ4n) is 3.40. The minimum absolute atomic E-state index is 0. The van der Waals surface area contributed by atoms with Gasteiger partial charge in [-0.2, -0.15) is 0 Å². The Bertz CT molecular complexity index is 852. The molecule has 1 aliphatic heterocycles. The lowest BCUT2D eigenvalue weighted by molar-refractivity contribution is 0.0998. The summed E-state index contributed by atoms with van der Waals surface area (Å²) in [6.07, 6.45) is 5.03. The number of rotatable bonds is 6. The number of ether oxygens (including phenoxy) is 1. The van der Waals surface area contributed by atoms with Crippen molar-refractivity contribution in [2.45, 2.75) is 39.0 Å². The Labute approximate surface area is 182 Å². The molecule has 156 valence electrons. The van der Waals surface area contributed by atoms with E-state index in [9.17, 15) is 9.18 Å². The molecule has 0 saturated heterocycles. The van der Waals surface area contributed by atoms with Crippen LogP contribution in [0.25, 0.3) is 0 Å². The molecule has 0 bridgehead atoms. The highest BCUT2D eigenvalue weighted by molar-refractivity contribution is 8.93. The van der Waals surface area contributed by atoms with Gasteiger partial charge in [-0.15, -0.1) is 17.0 Å². The summed E-state index contributed by atoms with van der Waals surface area (Å²) in [6.45, 7) is 2.94. The number of carbonyl (C=O) groups excluding carboxylic acids is 1. The number of aliphatic imine (C=N–C) groups is 1. The highest BCUT2D eigenvalue weighted by Gasteiger charge is 2.21. The van der Waals surface area contributed by atoms with E-state index < -0.39 is 5.82 Å². The number of Topliss-reactive ketones (excluding diaryl/α,β-unsaturated/α-hetero) is 1. The number of benzene rings is 2. The van der Waals surface area contributed by atoms with Crippen molar-refractivity contribution in [1.82, 2.24) is 0 Å². The lowest BCUT2D eigenvalue weighted by Crippen LogP contribution is -2.36. The molecule has 29 heavy (non-hydrogen) atoms. The number of amidine groups is 1. The molecule has 0 unspecified atom stereocenters. The molecule has 0 aromatic heterocycles. The number of methoxy groups -OCH3 is 1. The second-order valence-electron chi connectivity index (χ2n) is 6.98. The number of carbonyl (C=O) groups is 1. The number of ketones is 1. The summed E-state index contributed by atoms with van der Waals surface area (Å²) in [5.41, 5.74) is 2.23. The Kier molecular flexibility index (Phi) is 8.83. The molecule has 3 rings (SSSR count). The monoisotopic (exact) mass is 462 g/mol. The molecular weight excluding hydrogens is 435 g/mol. The molecule has 1 aliphatic rings. The van der Waals surface area contributed by atoms with Crippen LogP contribution >= 0.6 is 17.0 Å². The summed E-state index contributed by atoms with van der Waals surface area (Å²) >= 11 is 0. The maximum atomic E-state index is 14.4. The van der Waals surface area contributed by atoms with Gasteiger partial charge in [-0.25, -0.2) is 4.39 Å². The molecule has 2 aromatic carbocycles. The highest BCUT2D eigenvalue weighted by Crippen LogP contribution is 2.22. The van der Waals surface area contributed by atoms with Crippen LogP contribution in [0, 0.1) is 5.82 Å². The quantitative estimate of drug-likeness (QED) is 0.521. The average Bonchev–Trinajstić information content (AvgIpc) is 3.01. The van der Waals surface area contributed by atoms with Gasteiger partial charge in [0.2, 0.25) is 0 Å². The second kappa shape index (κ2) is 11.1. The van der Waals surface area contributed by atoms with Crippen LogP contribution in [0.1, 0.15) is 48.5 Å². The predicted molar refractivity (Wildman–Crippen MR) is 122 cm³/mol. The largest absolute Gasteiger partial charge is 0.497 e. The summed E-state index contributed by atoms with van der Waals surface area (Å²) in [6, 6.07) is 12.5. The standard InChI is InChI=1S/C23H27FN2O2.BrH/c1-3-17-8-10-18(11-9-17)26(23-7-5-4-6-14-25-23)16-22(27)20-13-12-19(28-2)15-21(20)24;/h8-13,15H,3-7,14,16H2,1-2H3;1H. The molecule has 6 heteroatoms. The van der Waals surface area contributed by atoms with E-state index in [1.165, 1.54) is 24.8 Å². The Balaban J connectivity index is 0.00000300. The molecule has 0 radical (unpaired) electrons. The van der Waals surface area contributed by atoms with Gasteiger partial charge in [0.1, 0.15) is 17.4 Å². The normalized spacial score (nSPS) is 13.7. The van der Waals surface area contributed by atoms with Gasteiger partial charge >= 0.3 is 0 Å². The zero-order chi connectivity index (χ0) is 19.9. The van der Waals surface area contributed by atoms with Crippen LogP contribution in [0.3, 0.4) is 0 Å². The minimum atomic E-state index is -0.562. The van der Waals surface area contributed by atoms with Crippen LogP contribution in [0.2, 0.25) is 0 Å². The molecule has 0 spiro atoms. The maximum Gasteiger partial charge on any atom is 0.185 e. The van der Waals surface area contributed by atoms with Crippen molar-refractivity contribution in [1.29, 1.82) is 0 Å². The van der Waals surface area contributed by atoms with Crippen LogP contribution in [0.5, 0.6) is 5.75 Å². The fourth-order valence-corrected chi connectivity index (χ4v) is 3.40. The van der Waals surface area contributed by atoms with Crippen LogP contribution in [0.4, 0.5) is 10.1 Å². The lowest BCUT2D eigenvalue weighted by Gasteiger charge is -2.26. The van der Waals surface area contributed by atoms with Crippen LogP contribution in [0.15, 0.2) is 47.5 Å². The molecule has 0 N–H and O–H groups in total. The van der Waals surface area contributed by atoms with E-state index in [0.717, 1.165) is 50.2 Å². The maximum absolute atomic E-state index is 14.4. The van der Waals surface area contributed by atoms with Gasteiger partial charge in [0.15, 0.2) is 5.78 Å². The zero-order valence-electron chi connectivity index (χ0n) is 17.0. The van der Waals surface area contributed by atoms with E-state index in [4.69, 9.17) is 9.73 Å². The van der Waals surface area contributed by atoms with Gasteiger partial charge in [0, 0.05) is 24.7 Å². The lowest BCUT2D eigenvalue weighted by atomic mass is 10.1.